The number of ether oxygens (including phenoxy) is 2. The minimum atomic E-state index is 0.480. The molecular formula is C11H14ClNO2. The van der Waals surface area contributed by atoms with Gasteiger partial charge in [-0.25, -0.2) is 0 Å². The van der Waals surface area contributed by atoms with Gasteiger partial charge in [0, 0.05) is 18.2 Å². The van der Waals surface area contributed by atoms with Gasteiger partial charge in [0.15, 0.2) is 0 Å². The summed E-state index contributed by atoms with van der Waals surface area (Å²) >= 11 is 5.96. The second-order valence-electron chi connectivity index (χ2n) is 2.87. The zero-order valence-electron chi connectivity index (χ0n) is 8.79. The number of methoxy groups -OCH3 is 2. The van der Waals surface area contributed by atoms with Crippen LogP contribution in [0.5, 0.6) is 11.5 Å². The van der Waals surface area contributed by atoms with Crippen molar-refractivity contribution in [1.82, 2.24) is 0 Å². The van der Waals surface area contributed by atoms with Crippen LogP contribution in [0.25, 0.3) is 6.08 Å². The number of rotatable bonds is 4. The van der Waals surface area contributed by atoms with E-state index in [1.165, 1.54) is 0 Å². The smallest absolute Gasteiger partial charge is 0.138 e. The molecule has 0 radical (unpaired) electrons. The molecule has 4 heteroatoms. The first-order valence-electron chi connectivity index (χ1n) is 4.51. The summed E-state index contributed by atoms with van der Waals surface area (Å²) in [6, 6.07) is 3.53. The van der Waals surface area contributed by atoms with Gasteiger partial charge >= 0.3 is 0 Å². The monoisotopic (exact) mass is 227 g/mol. The van der Waals surface area contributed by atoms with Gasteiger partial charge in [-0.3, -0.25) is 0 Å². The third-order valence-corrected chi connectivity index (χ3v) is 2.23. The van der Waals surface area contributed by atoms with Crippen LogP contribution in [0.4, 0.5) is 0 Å². The molecule has 1 rings (SSSR count). The zero-order chi connectivity index (χ0) is 11.3. The molecule has 1 aromatic rings. The van der Waals surface area contributed by atoms with Crippen LogP contribution in [0.2, 0.25) is 5.02 Å². The van der Waals surface area contributed by atoms with Crippen LogP contribution in [0.15, 0.2) is 18.2 Å². The van der Waals surface area contributed by atoms with E-state index in [9.17, 15) is 0 Å². The van der Waals surface area contributed by atoms with Gasteiger partial charge in [-0.05, 0) is 6.07 Å². The molecule has 0 aliphatic rings. The van der Waals surface area contributed by atoms with Gasteiger partial charge in [0.25, 0.3) is 0 Å². The highest BCUT2D eigenvalue weighted by atomic mass is 35.5. The van der Waals surface area contributed by atoms with Crippen LogP contribution in [0, 0.1) is 0 Å². The molecule has 82 valence electrons. The van der Waals surface area contributed by atoms with E-state index in [1.807, 2.05) is 18.2 Å². The largest absolute Gasteiger partial charge is 0.496 e. The molecule has 3 nitrogen and oxygen atoms in total. The lowest BCUT2D eigenvalue weighted by Gasteiger charge is -2.09. The van der Waals surface area contributed by atoms with Crippen molar-refractivity contribution < 1.29 is 9.47 Å². The molecule has 0 aromatic heterocycles. The summed E-state index contributed by atoms with van der Waals surface area (Å²) in [5.74, 6) is 1.32. The van der Waals surface area contributed by atoms with Gasteiger partial charge in [0.1, 0.15) is 11.5 Å². The first-order valence-corrected chi connectivity index (χ1v) is 4.88. The maximum absolute atomic E-state index is 5.96. The van der Waals surface area contributed by atoms with Crippen molar-refractivity contribution in [3.8, 4) is 11.5 Å². The fourth-order valence-corrected chi connectivity index (χ4v) is 1.44. The molecule has 0 fully saturated rings. The van der Waals surface area contributed by atoms with E-state index >= 15 is 0 Å². The molecule has 15 heavy (non-hydrogen) atoms. The Hall–Kier alpha value is -1.19. The predicted molar refractivity (Wildman–Crippen MR) is 62.6 cm³/mol. The Morgan fingerprint density at radius 1 is 1.27 bits per heavy atom. The van der Waals surface area contributed by atoms with E-state index in [4.69, 9.17) is 26.8 Å². The van der Waals surface area contributed by atoms with Crippen LogP contribution in [-0.2, 0) is 0 Å². The van der Waals surface area contributed by atoms with Crippen LogP contribution in [-0.4, -0.2) is 20.8 Å². The Balaban J connectivity index is 3.16. The van der Waals surface area contributed by atoms with Crippen molar-refractivity contribution in [1.29, 1.82) is 0 Å². The van der Waals surface area contributed by atoms with Crippen LogP contribution in [0.1, 0.15) is 5.56 Å². The highest BCUT2D eigenvalue weighted by Crippen LogP contribution is 2.32. The number of halogens is 1. The first kappa shape index (κ1) is 11.9. The van der Waals surface area contributed by atoms with E-state index < -0.39 is 0 Å². The third kappa shape index (κ3) is 2.88. The molecule has 1 aromatic carbocycles. The summed E-state index contributed by atoms with van der Waals surface area (Å²) in [6.07, 6.45) is 3.71. The van der Waals surface area contributed by atoms with E-state index in [2.05, 4.69) is 0 Å². The minimum Gasteiger partial charge on any atom is -0.496 e. The Bertz CT molecular complexity index is 364. The van der Waals surface area contributed by atoms with Crippen LogP contribution < -0.4 is 15.2 Å². The Labute approximate surface area is 94.4 Å². The maximum atomic E-state index is 5.96. The Morgan fingerprint density at radius 2 is 1.93 bits per heavy atom. The number of hydrogen-bond donors (Lipinski definition) is 1. The van der Waals surface area contributed by atoms with Gasteiger partial charge in [-0.1, -0.05) is 23.8 Å². The fourth-order valence-electron chi connectivity index (χ4n) is 1.21. The highest BCUT2D eigenvalue weighted by Gasteiger charge is 2.07. The van der Waals surface area contributed by atoms with Crippen molar-refractivity contribution in [3.05, 3.63) is 28.8 Å². The van der Waals surface area contributed by atoms with Gasteiger partial charge < -0.3 is 15.2 Å². The van der Waals surface area contributed by atoms with Crippen LogP contribution >= 0.6 is 11.6 Å². The molecule has 0 atom stereocenters. The van der Waals surface area contributed by atoms with Gasteiger partial charge in [0.2, 0.25) is 0 Å². The minimum absolute atomic E-state index is 0.480. The average molecular weight is 228 g/mol. The summed E-state index contributed by atoms with van der Waals surface area (Å²) in [7, 11) is 3.17. The van der Waals surface area contributed by atoms with E-state index in [0.29, 0.717) is 23.1 Å². The van der Waals surface area contributed by atoms with Gasteiger partial charge in [-0.2, -0.15) is 0 Å². The van der Waals surface area contributed by atoms with E-state index in [0.717, 1.165) is 5.56 Å². The van der Waals surface area contributed by atoms with Gasteiger partial charge in [-0.15, -0.1) is 0 Å². The van der Waals surface area contributed by atoms with E-state index in [1.54, 1.807) is 20.3 Å². The second kappa shape index (κ2) is 5.63. The lowest BCUT2D eigenvalue weighted by Crippen LogP contribution is -1.94. The van der Waals surface area contributed by atoms with Crippen molar-refractivity contribution in [3.63, 3.8) is 0 Å². The van der Waals surface area contributed by atoms with Crippen molar-refractivity contribution >= 4 is 17.7 Å². The lowest BCUT2D eigenvalue weighted by molar-refractivity contribution is 0.402. The normalized spacial score (nSPS) is 10.7. The summed E-state index contributed by atoms with van der Waals surface area (Å²) in [4.78, 5) is 0. The molecule has 0 bridgehead atoms. The van der Waals surface area contributed by atoms with Crippen molar-refractivity contribution in [2.45, 2.75) is 0 Å². The first-order chi connectivity index (χ1) is 7.22. The Morgan fingerprint density at radius 3 is 2.47 bits per heavy atom. The summed E-state index contributed by atoms with van der Waals surface area (Å²) in [5.41, 5.74) is 6.28. The molecule has 0 saturated carbocycles. The second-order valence-corrected chi connectivity index (χ2v) is 3.27. The van der Waals surface area contributed by atoms with Gasteiger partial charge in [0.05, 0.1) is 19.2 Å². The molecule has 2 N–H and O–H groups in total. The molecule has 0 aliphatic carbocycles. The molecule has 0 saturated heterocycles. The van der Waals surface area contributed by atoms with E-state index in [-0.39, 0.29) is 0 Å². The SMILES string of the molecule is COc1cc(/C=C/CN)c(OC)cc1Cl. The fraction of sp³-hybridized carbons (Fsp3) is 0.273. The summed E-state index contributed by atoms with van der Waals surface area (Å²) < 4.78 is 10.3. The molecular weight excluding hydrogens is 214 g/mol. The van der Waals surface area contributed by atoms with Crippen molar-refractivity contribution in [2.75, 3.05) is 20.8 Å². The lowest BCUT2D eigenvalue weighted by atomic mass is 10.1. The average Bonchev–Trinajstić information content (AvgIpc) is 2.26. The number of hydrogen-bond acceptors (Lipinski definition) is 3. The highest BCUT2D eigenvalue weighted by molar-refractivity contribution is 6.32. The zero-order valence-corrected chi connectivity index (χ0v) is 9.54. The topological polar surface area (TPSA) is 44.5 Å². The summed E-state index contributed by atoms with van der Waals surface area (Å²) in [6.45, 7) is 0.480. The third-order valence-electron chi connectivity index (χ3n) is 1.94. The molecule has 0 heterocycles. The maximum Gasteiger partial charge on any atom is 0.138 e. The molecule has 0 unspecified atom stereocenters. The predicted octanol–water partition coefficient (Wildman–Crippen LogP) is 2.33. The number of benzene rings is 1. The van der Waals surface area contributed by atoms with Crippen LogP contribution in [0.3, 0.4) is 0 Å². The Kier molecular flexibility index (Phi) is 4.46. The molecule has 0 amide bonds. The standard InChI is InChI=1S/C11H14ClNO2/c1-14-10-7-9(12)11(15-2)6-8(10)4-3-5-13/h3-4,6-7H,5,13H2,1-2H3/b4-3+. The quantitative estimate of drug-likeness (QED) is 0.859. The van der Waals surface area contributed by atoms with Crippen molar-refractivity contribution in [2.24, 2.45) is 5.73 Å². The summed E-state index contributed by atoms with van der Waals surface area (Å²) in [5, 5.41) is 0.527. The molecule has 0 spiro atoms. The number of nitrogens with two attached hydrogens (primary N) is 1. The molecule has 0 aliphatic heterocycles.